The van der Waals surface area contributed by atoms with Gasteiger partial charge in [0.2, 0.25) is 11.8 Å². The summed E-state index contributed by atoms with van der Waals surface area (Å²) in [5, 5.41) is 5.21. The second-order valence-electron chi connectivity index (χ2n) is 2.79. The molecule has 2 amide bonds. The molecule has 0 rings (SSSR count). The molecule has 0 aromatic carbocycles. The van der Waals surface area contributed by atoms with Crippen molar-refractivity contribution >= 4 is 49.7 Å². The number of rotatable bonds is 7. The molecule has 88 valence electrons. The van der Waals surface area contributed by atoms with Gasteiger partial charge in [-0.3, -0.25) is 9.59 Å². The van der Waals surface area contributed by atoms with Gasteiger partial charge < -0.3 is 10.6 Å². The molecular formula is C8H16N2O2S3. The molecule has 0 bridgehead atoms. The smallest absolute Gasteiger partial charge is 0.243 e. The first-order valence-electron chi connectivity index (χ1n) is 4.55. The summed E-state index contributed by atoms with van der Waals surface area (Å²) < 4.78 is 0. The Morgan fingerprint density at radius 3 is 2.27 bits per heavy atom. The van der Waals surface area contributed by atoms with Gasteiger partial charge in [0, 0.05) is 24.5 Å². The summed E-state index contributed by atoms with van der Waals surface area (Å²) in [6.07, 6.45) is 0.299. The first-order valence-corrected chi connectivity index (χ1v) is 6.45. The summed E-state index contributed by atoms with van der Waals surface area (Å²) in [6.45, 7) is 0.481. The molecular weight excluding hydrogens is 252 g/mol. The Morgan fingerprint density at radius 2 is 1.80 bits per heavy atom. The SMILES string of the molecule is O=C(CCS)NC(CS)C(=O)NCCS. The van der Waals surface area contributed by atoms with E-state index in [4.69, 9.17) is 0 Å². The van der Waals surface area contributed by atoms with Gasteiger partial charge in [-0.1, -0.05) is 0 Å². The van der Waals surface area contributed by atoms with Crippen LogP contribution in [0.15, 0.2) is 0 Å². The monoisotopic (exact) mass is 268 g/mol. The van der Waals surface area contributed by atoms with Crippen LogP contribution in [0.3, 0.4) is 0 Å². The zero-order chi connectivity index (χ0) is 11.7. The summed E-state index contributed by atoms with van der Waals surface area (Å²) in [5.41, 5.74) is 0. The Balaban J connectivity index is 4.00. The van der Waals surface area contributed by atoms with Gasteiger partial charge in [0.25, 0.3) is 0 Å². The van der Waals surface area contributed by atoms with Crippen LogP contribution in [0.2, 0.25) is 0 Å². The highest BCUT2D eigenvalue weighted by atomic mass is 32.1. The predicted octanol–water partition coefficient (Wildman–Crippen LogP) is -0.233. The van der Waals surface area contributed by atoms with Crippen LogP contribution < -0.4 is 10.6 Å². The third kappa shape index (κ3) is 6.97. The van der Waals surface area contributed by atoms with Crippen molar-refractivity contribution in [2.24, 2.45) is 0 Å². The molecule has 0 saturated heterocycles. The maximum absolute atomic E-state index is 11.4. The molecule has 0 radical (unpaired) electrons. The molecule has 1 unspecified atom stereocenters. The van der Waals surface area contributed by atoms with Crippen molar-refractivity contribution in [1.82, 2.24) is 10.6 Å². The normalized spacial score (nSPS) is 11.9. The molecule has 0 fully saturated rings. The van der Waals surface area contributed by atoms with Crippen molar-refractivity contribution in [2.45, 2.75) is 12.5 Å². The lowest BCUT2D eigenvalue weighted by Gasteiger charge is -2.15. The highest BCUT2D eigenvalue weighted by Crippen LogP contribution is 1.92. The van der Waals surface area contributed by atoms with E-state index in [0.29, 0.717) is 24.5 Å². The van der Waals surface area contributed by atoms with Crippen LogP contribution in [0.1, 0.15) is 6.42 Å². The highest BCUT2D eigenvalue weighted by Gasteiger charge is 2.17. The number of amides is 2. The van der Waals surface area contributed by atoms with Crippen LogP contribution in [-0.2, 0) is 9.59 Å². The van der Waals surface area contributed by atoms with Gasteiger partial charge in [-0.15, -0.1) is 0 Å². The molecule has 0 aliphatic heterocycles. The van der Waals surface area contributed by atoms with Gasteiger partial charge in [-0.25, -0.2) is 0 Å². The molecule has 0 saturated carbocycles. The Bertz CT molecular complexity index is 214. The van der Waals surface area contributed by atoms with Crippen LogP contribution in [0.25, 0.3) is 0 Å². The number of hydrogen-bond donors (Lipinski definition) is 5. The quantitative estimate of drug-likeness (QED) is 0.414. The van der Waals surface area contributed by atoms with E-state index in [1.807, 2.05) is 0 Å². The zero-order valence-electron chi connectivity index (χ0n) is 8.27. The summed E-state index contributed by atoms with van der Waals surface area (Å²) in [6, 6.07) is -0.583. The van der Waals surface area contributed by atoms with Gasteiger partial charge in [0.05, 0.1) is 0 Å². The molecule has 0 aromatic rings. The van der Waals surface area contributed by atoms with Crippen LogP contribution in [-0.4, -0.2) is 41.7 Å². The number of carbonyl (C=O) groups is 2. The lowest BCUT2D eigenvalue weighted by Crippen LogP contribution is -2.48. The molecule has 7 heteroatoms. The van der Waals surface area contributed by atoms with E-state index in [1.54, 1.807) is 0 Å². The zero-order valence-corrected chi connectivity index (χ0v) is 11.0. The first kappa shape index (κ1) is 15.0. The van der Waals surface area contributed by atoms with E-state index in [9.17, 15) is 9.59 Å². The van der Waals surface area contributed by atoms with Crippen LogP contribution in [0.4, 0.5) is 0 Å². The number of hydrogen-bond acceptors (Lipinski definition) is 5. The molecule has 0 aliphatic rings. The van der Waals surface area contributed by atoms with Gasteiger partial charge >= 0.3 is 0 Å². The molecule has 0 heterocycles. The average molecular weight is 268 g/mol. The van der Waals surface area contributed by atoms with Gasteiger partial charge in [0.1, 0.15) is 6.04 Å². The van der Waals surface area contributed by atoms with Crippen LogP contribution in [0, 0.1) is 0 Å². The van der Waals surface area contributed by atoms with Crippen LogP contribution in [0.5, 0.6) is 0 Å². The van der Waals surface area contributed by atoms with Crippen molar-refractivity contribution < 1.29 is 9.59 Å². The summed E-state index contributed by atoms with van der Waals surface area (Å²) >= 11 is 11.9. The number of thiol groups is 3. The minimum Gasteiger partial charge on any atom is -0.353 e. The molecule has 2 N–H and O–H groups in total. The minimum absolute atomic E-state index is 0.190. The topological polar surface area (TPSA) is 58.2 Å². The Morgan fingerprint density at radius 1 is 1.13 bits per heavy atom. The molecule has 0 aliphatic carbocycles. The molecule has 15 heavy (non-hydrogen) atoms. The van der Waals surface area contributed by atoms with E-state index in [1.165, 1.54) is 0 Å². The van der Waals surface area contributed by atoms with E-state index in [-0.39, 0.29) is 17.6 Å². The van der Waals surface area contributed by atoms with E-state index in [0.717, 1.165) is 0 Å². The molecule has 0 spiro atoms. The first-order chi connectivity index (χ1) is 7.15. The number of carbonyl (C=O) groups excluding carboxylic acids is 2. The second-order valence-corrected chi connectivity index (χ2v) is 4.05. The fraction of sp³-hybridized carbons (Fsp3) is 0.750. The van der Waals surface area contributed by atoms with Crippen molar-refractivity contribution in [1.29, 1.82) is 0 Å². The largest absolute Gasteiger partial charge is 0.353 e. The molecule has 1 atom stereocenters. The number of nitrogens with one attached hydrogen (secondary N) is 2. The third-order valence-electron chi connectivity index (χ3n) is 1.58. The maximum atomic E-state index is 11.4. The van der Waals surface area contributed by atoms with Crippen molar-refractivity contribution in [2.75, 3.05) is 23.8 Å². The molecule has 0 aromatic heterocycles. The third-order valence-corrected chi connectivity index (χ3v) is 2.40. The standard InChI is InChI=1S/C8H16N2O2S3/c11-7(1-3-13)10-6(5-15)8(12)9-2-4-14/h6,13-15H,1-5H2,(H,9,12)(H,10,11). The summed E-state index contributed by atoms with van der Waals surface area (Å²) in [7, 11) is 0. The second kappa shape index (κ2) is 9.23. The van der Waals surface area contributed by atoms with Crippen molar-refractivity contribution in [3.05, 3.63) is 0 Å². The van der Waals surface area contributed by atoms with Gasteiger partial charge in [0.15, 0.2) is 0 Å². The average Bonchev–Trinajstić information content (AvgIpc) is 2.22. The van der Waals surface area contributed by atoms with E-state index in [2.05, 4.69) is 48.5 Å². The maximum Gasteiger partial charge on any atom is 0.243 e. The van der Waals surface area contributed by atoms with E-state index >= 15 is 0 Å². The minimum atomic E-state index is -0.583. The van der Waals surface area contributed by atoms with Crippen LogP contribution >= 0.6 is 37.9 Å². The fourth-order valence-corrected chi connectivity index (χ4v) is 1.44. The Labute approximate surface area is 106 Å². The Kier molecular flexibility index (Phi) is 9.23. The summed E-state index contributed by atoms with van der Waals surface area (Å²) in [4.78, 5) is 22.6. The van der Waals surface area contributed by atoms with Gasteiger partial charge in [-0.05, 0) is 5.75 Å². The predicted molar refractivity (Wildman–Crippen MR) is 71.1 cm³/mol. The molecule has 4 nitrogen and oxygen atoms in total. The lowest BCUT2D eigenvalue weighted by atomic mass is 10.3. The van der Waals surface area contributed by atoms with E-state index < -0.39 is 6.04 Å². The highest BCUT2D eigenvalue weighted by molar-refractivity contribution is 7.80. The van der Waals surface area contributed by atoms with Gasteiger partial charge in [-0.2, -0.15) is 37.9 Å². The summed E-state index contributed by atoms with van der Waals surface area (Å²) in [5.74, 6) is 0.882. The Hall–Kier alpha value is -0.0100. The van der Waals surface area contributed by atoms with Crippen molar-refractivity contribution in [3.8, 4) is 0 Å². The fourth-order valence-electron chi connectivity index (χ4n) is 0.864. The lowest BCUT2D eigenvalue weighted by molar-refractivity contribution is -0.128. The van der Waals surface area contributed by atoms with Crippen molar-refractivity contribution in [3.63, 3.8) is 0 Å².